The number of rotatable bonds is 5. The normalized spacial score (nSPS) is 24.6. The minimum Gasteiger partial charge on any atom is -0.481 e. The molecule has 1 aliphatic heterocycles. The van der Waals surface area contributed by atoms with Gasteiger partial charge in [-0.1, -0.05) is 44.2 Å². The number of carboxylic acids is 1. The number of aliphatic hydroxyl groups excluding tert-OH is 1. The lowest BCUT2D eigenvalue weighted by molar-refractivity contribution is -0.238. The Morgan fingerprint density at radius 2 is 1.89 bits per heavy atom. The second-order valence-corrected chi connectivity index (χ2v) is 8.78. The molecule has 0 amide bonds. The van der Waals surface area contributed by atoms with Gasteiger partial charge < -0.3 is 26.0 Å². The van der Waals surface area contributed by atoms with E-state index < -0.39 is 29.2 Å². The first kappa shape index (κ1) is 24.3. The Kier molecular flexibility index (Phi) is 8.85. The Bertz CT molecular complexity index is 651. The first-order valence-electron chi connectivity index (χ1n) is 9.57. The van der Waals surface area contributed by atoms with E-state index in [9.17, 15) is 9.90 Å². The number of carbonyl (C=O) groups is 1. The number of aliphatic carboxylic acids is 1. The molecule has 0 aliphatic carbocycles. The average molecular weight is 411 g/mol. The molecule has 1 aromatic carbocycles. The summed E-state index contributed by atoms with van der Waals surface area (Å²) in [6.07, 6.45) is 0.548. The van der Waals surface area contributed by atoms with Crippen LogP contribution in [-0.2, 0) is 16.1 Å². The molecule has 3 unspecified atom stereocenters. The molecular weight excluding hydrogens is 376 g/mol. The Labute approximate surface area is 173 Å². The van der Waals surface area contributed by atoms with Crippen molar-refractivity contribution >= 4 is 23.3 Å². The van der Waals surface area contributed by atoms with Crippen molar-refractivity contribution in [2.24, 2.45) is 17.6 Å². The molecule has 1 heterocycles. The van der Waals surface area contributed by atoms with E-state index in [-0.39, 0.29) is 5.92 Å². The molecule has 5 N–H and O–H groups in total. The van der Waals surface area contributed by atoms with E-state index in [4.69, 9.17) is 15.6 Å². The van der Waals surface area contributed by atoms with Crippen LogP contribution in [-0.4, -0.2) is 38.6 Å². The van der Waals surface area contributed by atoms with E-state index in [1.807, 2.05) is 51.1 Å². The first-order valence-corrected chi connectivity index (χ1v) is 9.98. The standard InChI is InChI=1S/C13H24O4.C8H10N2S/c1-8(2)10(14)13(5)7-6-9(11(15)16)12(3,4)17-13;9-8(11)10-6-7-4-2-1-3-5-7/h8-10,14H,6-7H2,1-5H3,(H,15,16);1-5H,6H2,(H3,9,10,11). The van der Waals surface area contributed by atoms with Crippen molar-refractivity contribution in [1.29, 1.82) is 0 Å². The molecule has 7 heteroatoms. The molecule has 0 radical (unpaired) electrons. The Hall–Kier alpha value is -1.70. The molecule has 1 aliphatic rings. The molecule has 1 saturated heterocycles. The van der Waals surface area contributed by atoms with Crippen LogP contribution in [0.2, 0.25) is 0 Å². The molecule has 28 heavy (non-hydrogen) atoms. The van der Waals surface area contributed by atoms with Gasteiger partial charge in [0.05, 0.1) is 23.2 Å². The van der Waals surface area contributed by atoms with Gasteiger partial charge in [0.25, 0.3) is 0 Å². The van der Waals surface area contributed by atoms with Crippen LogP contribution in [0.3, 0.4) is 0 Å². The quantitative estimate of drug-likeness (QED) is 0.553. The van der Waals surface area contributed by atoms with Crippen LogP contribution in [0.25, 0.3) is 0 Å². The van der Waals surface area contributed by atoms with Gasteiger partial charge in [-0.2, -0.15) is 0 Å². The van der Waals surface area contributed by atoms with Crippen molar-refractivity contribution in [1.82, 2.24) is 5.32 Å². The third kappa shape index (κ3) is 7.04. The molecular formula is C21H34N2O4S. The minimum atomic E-state index is -0.823. The molecule has 0 spiro atoms. The van der Waals surface area contributed by atoms with E-state index in [2.05, 4.69) is 17.5 Å². The molecule has 1 aromatic rings. The van der Waals surface area contributed by atoms with Crippen LogP contribution >= 0.6 is 12.2 Å². The Morgan fingerprint density at radius 1 is 1.32 bits per heavy atom. The van der Waals surface area contributed by atoms with Gasteiger partial charge in [0.15, 0.2) is 5.11 Å². The van der Waals surface area contributed by atoms with Crippen LogP contribution in [0.15, 0.2) is 30.3 Å². The highest BCUT2D eigenvalue weighted by Gasteiger charge is 2.50. The molecule has 0 saturated carbocycles. The first-order chi connectivity index (χ1) is 12.9. The summed E-state index contributed by atoms with van der Waals surface area (Å²) in [6.45, 7) is 10.0. The van der Waals surface area contributed by atoms with Crippen molar-refractivity contribution < 1.29 is 19.7 Å². The highest BCUT2D eigenvalue weighted by atomic mass is 32.1. The summed E-state index contributed by atoms with van der Waals surface area (Å²) in [4.78, 5) is 11.1. The zero-order valence-electron chi connectivity index (χ0n) is 17.4. The molecule has 0 aromatic heterocycles. The van der Waals surface area contributed by atoms with Gasteiger partial charge in [0, 0.05) is 6.54 Å². The topological polar surface area (TPSA) is 105 Å². The number of aliphatic hydroxyl groups is 1. The number of ether oxygens (including phenoxy) is 1. The summed E-state index contributed by atoms with van der Waals surface area (Å²) in [5, 5.41) is 22.6. The van der Waals surface area contributed by atoms with Crippen molar-refractivity contribution in [2.75, 3.05) is 0 Å². The SMILES string of the molecule is CC(C)C(O)C1(C)CCC(C(=O)O)C(C)(C)O1.NC(=S)NCc1ccccc1. The average Bonchev–Trinajstić information content (AvgIpc) is 2.59. The van der Waals surface area contributed by atoms with E-state index >= 15 is 0 Å². The molecule has 2 rings (SSSR count). The van der Waals surface area contributed by atoms with Gasteiger partial charge in [-0.15, -0.1) is 0 Å². The monoisotopic (exact) mass is 410 g/mol. The molecule has 158 valence electrons. The fraction of sp³-hybridized carbons (Fsp3) is 0.619. The predicted molar refractivity (Wildman–Crippen MR) is 115 cm³/mol. The summed E-state index contributed by atoms with van der Waals surface area (Å²) < 4.78 is 5.93. The van der Waals surface area contributed by atoms with Crippen molar-refractivity contribution in [3.63, 3.8) is 0 Å². The summed E-state index contributed by atoms with van der Waals surface area (Å²) >= 11 is 4.66. The maximum absolute atomic E-state index is 11.1. The summed E-state index contributed by atoms with van der Waals surface area (Å²) in [6, 6.07) is 9.98. The van der Waals surface area contributed by atoms with Crippen LogP contribution < -0.4 is 11.1 Å². The Morgan fingerprint density at radius 3 is 2.32 bits per heavy atom. The highest BCUT2D eigenvalue weighted by Crippen LogP contribution is 2.42. The van der Waals surface area contributed by atoms with Crippen molar-refractivity contribution in [3.8, 4) is 0 Å². The molecule has 0 bridgehead atoms. The van der Waals surface area contributed by atoms with Gasteiger partial charge in [-0.25, -0.2) is 0 Å². The molecule has 6 nitrogen and oxygen atoms in total. The second kappa shape index (κ2) is 10.2. The summed E-state index contributed by atoms with van der Waals surface area (Å²) in [7, 11) is 0. The summed E-state index contributed by atoms with van der Waals surface area (Å²) in [5.74, 6) is -1.23. The van der Waals surface area contributed by atoms with Crippen LogP contribution in [0.5, 0.6) is 0 Å². The van der Waals surface area contributed by atoms with Gasteiger partial charge in [-0.05, 0) is 57.3 Å². The van der Waals surface area contributed by atoms with E-state index in [0.29, 0.717) is 24.5 Å². The van der Waals surface area contributed by atoms with Crippen LogP contribution in [0.1, 0.15) is 53.0 Å². The number of thiocarbonyl (C=S) groups is 1. The van der Waals surface area contributed by atoms with Crippen molar-refractivity contribution in [3.05, 3.63) is 35.9 Å². The number of hydrogen-bond donors (Lipinski definition) is 4. The maximum atomic E-state index is 11.1. The van der Waals surface area contributed by atoms with E-state index in [1.165, 1.54) is 5.56 Å². The third-order valence-electron chi connectivity index (χ3n) is 5.13. The lowest BCUT2D eigenvalue weighted by Gasteiger charge is -2.49. The molecule has 1 fully saturated rings. The lowest BCUT2D eigenvalue weighted by Crippen LogP contribution is -2.57. The predicted octanol–water partition coefficient (Wildman–Crippen LogP) is 3.07. The van der Waals surface area contributed by atoms with Gasteiger partial charge in [0.2, 0.25) is 0 Å². The number of nitrogens with two attached hydrogens (primary N) is 1. The fourth-order valence-corrected chi connectivity index (χ4v) is 3.69. The van der Waals surface area contributed by atoms with Crippen LogP contribution in [0, 0.1) is 11.8 Å². The minimum absolute atomic E-state index is 0.0946. The fourth-order valence-electron chi connectivity index (χ4n) is 3.62. The number of benzene rings is 1. The molecule has 3 atom stereocenters. The number of nitrogens with one attached hydrogen (secondary N) is 1. The number of carboxylic acid groups (broad SMARTS) is 1. The van der Waals surface area contributed by atoms with Gasteiger partial charge in [-0.3, -0.25) is 4.79 Å². The third-order valence-corrected chi connectivity index (χ3v) is 5.27. The zero-order chi connectivity index (χ0) is 21.5. The number of hydrogen-bond acceptors (Lipinski definition) is 4. The van der Waals surface area contributed by atoms with Crippen LogP contribution in [0.4, 0.5) is 0 Å². The van der Waals surface area contributed by atoms with Gasteiger partial charge >= 0.3 is 5.97 Å². The Balaban J connectivity index is 0.000000307. The zero-order valence-corrected chi connectivity index (χ0v) is 18.3. The smallest absolute Gasteiger partial charge is 0.309 e. The summed E-state index contributed by atoms with van der Waals surface area (Å²) in [5.41, 5.74) is 5.05. The highest BCUT2D eigenvalue weighted by molar-refractivity contribution is 7.80. The van der Waals surface area contributed by atoms with E-state index in [1.54, 1.807) is 13.8 Å². The van der Waals surface area contributed by atoms with Gasteiger partial charge in [0.1, 0.15) is 0 Å². The van der Waals surface area contributed by atoms with Crippen molar-refractivity contribution in [2.45, 2.75) is 71.3 Å². The second-order valence-electron chi connectivity index (χ2n) is 8.34. The maximum Gasteiger partial charge on any atom is 0.309 e. The van der Waals surface area contributed by atoms with E-state index in [0.717, 1.165) is 0 Å². The lowest BCUT2D eigenvalue weighted by atomic mass is 9.75. The largest absolute Gasteiger partial charge is 0.481 e.